The molecule has 0 atom stereocenters. The molecule has 1 aliphatic carbocycles. The van der Waals surface area contributed by atoms with Crippen LogP contribution in [0.1, 0.15) is 57.9 Å². The van der Waals surface area contributed by atoms with Crippen LogP contribution in [-0.4, -0.2) is 23.6 Å². The topological polar surface area (TPSA) is 6.48 Å². The van der Waals surface area contributed by atoms with Gasteiger partial charge in [-0.05, 0) is 57.1 Å². The standard InChI is InChI=1S/C17H26N2/c1-4-17(2,3)19-13-7-12-18(19)16-9-6-5-8-15(16)14-10-11-14/h5-6,8-9,14H,4,7,10-13H2,1-3H3. The Kier molecular flexibility index (Phi) is 3.30. The highest BCUT2D eigenvalue weighted by molar-refractivity contribution is 5.56. The lowest BCUT2D eigenvalue weighted by molar-refractivity contribution is 0.134. The van der Waals surface area contributed by atoms with Gasteiger partial charge in [0.15, 0.2) is 0 Å². The van der Waals surface area contributed by atoms with Crippen LogP contribution in [0.4, 0.5) is 5.69 Å². The second-order valence-corrected chi connectivity index (χ2v) is 6.60. The van der Waals surface area contributed by atoms with Gasteiger partial charge in [0.05, 0.1) is 5.69 Å². The summed E-state index contributed by atoms with van der Waals surface area (Å²) in [6.45, 7) is 9.40. The van der Waals surface area contributed by atoms with Gasteiger partial charge in [0, 0.05) is 18.6 Å². The first-order chi connectivity index (χ1) is 9.13. The molecule has 2 aliphatic rings. The van der Waals surface area contributed by atoms with Crippen molar-refractivity contribution in [1.82, 2.24) is 5.01 Å². The van der Waals surface area contributed by atoms with Gasteiger partial charge in [-0.2, -0.15) is 0 Å². The van der Waals surface area contributed by atoms with Crippen LogP contribution in [0, 0.1) is 0 Å². The molecule has 1 saturated carbocycles. The predicted octanol–water partition coefficient (Wildman–Crippen LogP) is 4.18. The first kappa shape index (κ1) is 13.0. The molecule has 0 radical (unpaired) electrons. The number of hydrazine groups is 1. The average Bonchev–Trinajstić information content (AvgIpc) is 3.15. The van der Waals surface area contributed by atoms with E-state index in [0.29, 0.717) is 0 Å². The van der Waals surface area contributed by atoms with Gasteiger partial charge in [0.1, 0.15) is 0 Å². The third-order valence-electron chi connectivity index (χ3n) is 4.83. The van der Waals surface area contributed by atoms with E-state index in [2.05, 4.69) is 55.1 Å². The summed E-state index contributed by atoms with van der Waals surface area (Å²) in [4.78, 5) is 0. The van der Waals surface area contributed by atoms with Crippen LogP contribution >= 0.6 is 0 Å². The van der Waals surface area contributed by atoms with Gasteiger partial charge in [-0.3, -0.25) is 0 Å². The fourth-order valence-electron chi connectivity index (χ4n) is 3.14. The van der Waals surface area contributed by atoms with Gasteiger partial charge < -0.3 is 5.01 Å². The fraction of sp³-hybridized carbons (Fsp3) is 0.647. The summed E-state index contributed by atoms with van der Waals surface area (Å²) in [5.74, 6) is 0.823. The maximum atomic E-state index is 2.59. The van der Waals surface area contributed by atoms with Gasteiger partial charge in [0.2, 0.25) is 0 Å². The van der Waals surface area contributed by atoms with Gasteiger partial charge >= 0.3 is 0 Å². The molecule has 0 spiro atoms. The van der Waals surface area contributed by atoms with E-state index in [1.807, 2.05) is 0 Å². The Labute approximate surface area is 117 Å². The maximum Gasteiger partial charge on any atom is 0.0557 e. The molecule has 104 valence electrons. The molecule has 2 fully saturated rings. The van der Waals surface area contributed by atoms with Crippen molar-refractivity contribution < 1.29 is 0 Å². The van der Waals surface area contributed by atoms with Crippen molar-refractivity contribution in [3.63, 3.8) is 0 Å². The molecular weight excluding hydrogens is 232 g/mol. The van der Waals surface area contributed by atoms with Crippen LogP contribution in [0.25, 0.3) is 0 Å². The van der Waals surface area contributed by atoms with Crippen LogP contribution in [-0.2, 0) is 0 Å². The highest BCUT2D eigenvalue weighted by Gasteiger charge is 2.36. The zero-order valence-corrected chi connectivity index (χ0v) is 12.5. The summed E-state index contributed by atoms with van der Waals surface area (Å²) in [5, 5.41) is 5.14. The molecule has 0 aromatic heterocycles. The number of nitrogens with zero attached hydrogens (tertiary/aromatic N) is 2. The summed E-state index contributed by atoms with van der Waals surface area (Å²) < 4.78 is 0. The quantitative estimate of drug-likeness (QED) is 0.799. The lowest BCUT2D eigenvalue weighted by Crippen LogP contribution is -2.50. The van der Waals surface area contributed by atoms with E-state index in [1.165, 1.54) is 44.5 Å². The lowest BCUT2D eigenvalue weighted by Gasteiger charge is -2.42. The summed E-state index contributed by atoms with van der Waals surface area (Å²) in [6.07, 6.45) is 5.22. The van der Waals surface area contributed by atoms with Gasteiger partial charge in [-0.1, -0.05) is 25.1 Å². The van der Waals surface area contributed by atoms with Crippen LogP contribution < -0.4 is 5.01 Å². The predicted molar refractivity (Wildman–Crippen MR) is 81.5 cm³/mol. The SMILES string of the molecule is CCC(C)(C)N1CCCN1c1ccccc1C1CC1. The van der Waals surface area contributed by atoms with E-state index in [0.717, 1.165) is 5.92 Å². The molecule has 3 rings (SSSR count). The minimum absolute atomic E-state index is 0.257. The molecule has 2 heteroatoms. The third kappa shape index (κ3) is 2.38. The van der Waals surface area contributed by atoms with E-state index in [4.69, 9.17) is 0 Å². The number of hydrogen-bond donors (Lipinski definition) is 0. The molecule has 0 bridgehead atoms. The molecule has 1 saturated heterocycles. The second-order valence-electron chi connectivity index (χ2n) is 6.60. The molecular formula is C17H26N2. The molecule has 2 nitrogen and oxygen atoms in total. The highest BCUT2D eigenvalue weighted by Crippen LogP contribution is 2.45. The van der Waals surface area contributed by atoms with E-state index < -0.39 is 0 Å². The van der Waals surface area contributed by atoms with E-state index >= 15 is 0 Å². The van der Waals surface area contributed by atoms with Crippen molar-refractivity contribution >= 4 is 5.69 Å². The zero-order chi connectivity index (χ0) is 13.5. The van der Waals surface area contributed by atoms with Crippen LogP contribution in [0.5, 0.6) is 0 Å². The monoisotopic (exact) mass is 258 g/mol. The molecule has 1 aliphatic heterocycles. The summed E-state index contributed by atoms with van der Waals surface area (Å²) in [6, 6.07) is 9.04. The molecule has 1 aromatic rings. The largest absolute Gasteiger partial charge is 0.305 e. The van der Waals surface area contributed by atoms with Crippen molar-refractivity contribution in [2.75, 3.05) is 18.1 Å². The molecule has 0 amide bonds. The molecule has 19 heavy (non-hydrogen) atoms. The zero-order valence-electron chi connectivity index (χ0n) is 12.5. The number of hydrogen-bond acceptors (Lipinski definition) is 2. The summed E-state index contributed by atoms with van der Waals surface area (Å²) in [5.41, 5.74) is 3.29. The minimum Gasteiger partial charge on any atom is -0.305 e. The number of anilines is 1. The molecule has 1 heterocycles. The number of para-hydroxylation sites is 1. The fourth-order valence-corrected chi connectivity index (χ4v) is 3.14. The molecule has 1 aromatic carbocycles. The van der Waals surface area contributed by atoms with Gasteiger partial charge in [-0.25, -0.2) is 5.01 Å². The number of rotatable bonds is 4. The van der Waals surface area contributed by atoms with Crippen molar-refractivity contribution in [2.45, 2.75) is 57.9 Å². The van der Waals surface area contributed by atoms with Crippen molar-refractivity contribution in [3.05, 3.63) is 29.8 Å². The Hall–Kier alpha value is -1.02. The molecule has 0 unspecified atom stereocenters. The lowest BCUT2D eigenvalue weighted by atomic mass is 10.0. The Bertz CT molecular complexity index is 448. The van der Waals surface area contributed by atoms with E-state index in [1.54, 1.807) is 5.56 Å². The Morgan fingerprint density at radius 2 is 1.89 bits per heavy atom. The molecule has 0 N–H and O–H groups in total. The Morgan fingerprint density at radius 1 is 1.16 bits per heavy atom. The summed E-state index contributed by atoms with van der Waals surface area (Å²) in [7, 11) is 0. The normalized spacial score (nSPS) is 21.1. The van der Waals surface area contributed by atoms with Crippen LogP contribution in [0.15, 0.2) is 24.3 Å². The van der Waals surface area contributed by atoms with Crippen molar-refractivity contribution in [3.8, 4) is 0 Å². The first-order valence-electron chi connectivity index (χ1n) is 7.77. The van der Waals surface area contributed by atoms with Gasteiger partial charge in [0.25, 0.3) is 0 Å². The van der Waals surface area contributed by atoms with E-state index in [-0.39, 0.29) is 5.54 Å². The van der Waals surface area contributed by atoms with Gasteiger partial charge in [-0.15, -0.1) is 0 Å². The van der Waals surface area contributed by atoms with E-state index in [9.17, 15) is 0 Å². The summed E-state index contributed by atoms with van der Waals surface area (Å²) >= 11 is 0. The minimum atomic E-state index is 0.257. The van der Waals surface area contributed by atoms with Crippen LogP contribution in [0.2, 0.25) is 0 Å². The van der Waals surface area contributed by atoms with Crippen LogP contribution in [0.3, 0.4) is 0 Å². The average molecular weight is 258 g/mol. The second kappa shape index (κ2) is 4.82. The smallest absolute Gasteiger partial charge is 0.0557 e. The third-order valence-corrected chi connectivity index (χ3v) is 4.83. The Morgan fingerprint density at radius 3 is 2.58 bits per heavy atom. The van der Waals surface area contributed by atoms with Crippen molar-refractivity contribution in [2.24, 2.45) is 0 Å². The number of benzene rings is 1. The first-order valence-corrected chi connectivity index (χ1v) is 7.77. The Balaban J connectivity index is 1.92. The maximum absolute atomic E-state index is 2.59. The van der Waals surface area contributed by atoms with Crippen molar-refractivity contribution in [1.29, 1.82) is 0 Å². The highest BCUT2D eigenvalue weighted by atomic mass is 15.7.